The fraction of sp³-hybridized carbons (Fsp3) is 1.00. The van der Waals surface area contributed by atoms with Gasteiger partial charge in [0.05, 0.1) is 0 Å². The molecule has 0 bridgehead atoms. The van der Waals surface area contributed by atoms with E-state index in [0.717, 1.165) is 0 Å². The van der Waals surface area contributed by atoms with Crippen molar-refractivity contribution in [1.82, 2.24) is 0 Å². The van der Waals surface area contributed by atoms with Gasteiger partial charge in [-0.3, -0.25) is 0 Å². The maximum absolute atomic E-state index is 8.69. The van der Waals surface area contributed by atoms with Gasteiger partial charge in [0, 0.05) is 37.7 Å². The van der Waals surface area contributed by atoms with Gasteiger partial charge in [0.25, 0.3) is 0 Å². The van der Waals surface area contributed by atoms with Gasteiger partial charge < -0.3 is 10.6 Å². The summed E-state index contributed by atoms with van der Waals surface area (Å²) in [5, 5.41) is 8.69. The molecule has 3 heteroatoms. The monoisotopic (exact) mass is 370 g/mol. The predicted molar refractivity (Wildman–Crippen MR) is 37.3 cm³/mol. The van der Waals surface area contributed by atoms with Crippen LogP contribution in [0.1, 0.15) is 32.1 Å². The number of hydrogen-bond acceptors (Lipinski definition) is 1. The van der Waals surface area contributed by atoms with Crippen molar-refractivity contribution in [2.24, 2.45) is 5.92 Å². The van der Waals surface area contributed by atoms with Crippen molar-refractivity contribution < 1.29 is 41.7 Å². The average Bonchev–Trinajstić information content (AvgIpc) is 1.90. The van der Waals surface area contributed by atoms with Gasteiger partial charge in [-0.2, -0.15) is 0 Å². The molecule has 3 N–H and O–H groups in total. The molecule has 10 heavy (non-hydrogen) atoms. The van der Waals surface area contributed by atoms with Crippen molar-refractivity contribution in [3.63, 3.8) is 0 Å². The Hall–Kier alpha value is 0.972. The third kappa shape index (κ3) is 4.74. The van der Waals surface area contributed by atoms with Crippen molar-refractivity contribution in [3.8, 4) is 0 Å². The van der Waals surface area contributed by atoms with E-state index >= 15 is 0 Å². The van der Waals surface area contributed by atoms with Crippen molar-refractivity contribution in [1.29, 1.82) is 0 Å². The molecule has 0 radical (unpaired) electrons. The Balaban J connectivity index is 0. The van der Waals surface area contributed by atoms with E-state index in [1.807, 2.05) is 0 Å². The van der Waals surface area contributed by atoms with Gasteiger partial charge in [0.2, 0.25) is 0 Å². The van der Waals surface area contributed by atoms with Gasteiger partial charge in [0.1, 0.15) is 0 Å². The van der Waals surface area contributed by atoms with Crippen molar-refractivity contribution >= 4 is 0 Å². The van der Waals surface area contributed by atoms with Crippen LogP contribution in [0.5, 0.6) is 0 Å². The molecular weight excluding hydrogens is 354 g/mol. The van der Waals surface area contributed by atoms with Crippen LogP contribution in [0.25, 0.3) is 0 Å². The molecular formula is C7H16O2U. The summed E-state index contributed by atoms with van der Waals surface area (Å²) >= 11 is 0. The summed E-state index contributed by atoms with van der Waals surface area (Å²) in [6.07, 6.45) is 6.58. The van der Waals surface area contributed by atoms with Crippen LogP contribution in [0.2, 0.25) is 0 Å². The summed E-state index contributed by atoms with van der Waals surface area (Å²) in [7, 11) is 0. The topological polar surface area (TPSA) is 51.7 Å². The molecule has 0 spiro atoms. The van der Waals surface area contributed by atoms with Crippen molar-refractivity contribution in [3.05, 3.63) is 0 Å². The minimum absolute atomic E-state index is 0. The van der Waals surface area contributed by atoms with Crippen LogP contribution in [-0.2, 0) is 0 Å². The quantitative estimate of drug-likeness (QED) is 0.727. The second-order valence-electron chi connectivity index (χ2n) is 2.69. The van der Waals surface area contributed by atoms with Crippen LogP contribution in [0, 0.1) is 37.0 Å². The first-order chi connectivity index (χ1) is 3.93. The summed E-state index contributed by atoms with van der Waals surface area (Å²) < 4.78 is 0. The first-order valence-corrected chi connectivity index (χ1v) is 3.54. The van der Waals surface area contributed by atoms with Gasteiger partial charge >= 0.3 is 0 Å². The number of rotatable bonds is 1. The third-order valence-corrected chi connectivity index (χ3v) is 1.98. The predicted octanol–water partition coefficient (Wildman–Crippen LogP) is 0.734. The molecule has 0 aliphatic heterocycles. The Morgan fingerprint density at radius 2 is 1.60 bits per heavy atom. The summed E-state index contributed by atoms with van der Waals surface area (Å²) in [6, 6.07) is 0. The Morgan fingerprint density at radius 1 is 1.10 bits per heavy atom. The molecule has 0 amide bonds. The van der Waals surface area contributed by atoms with Crippen LogP contribution in [0.4, 0.5) is 0 Å². The summed E-state index contributed by atoms with van der Waals surface area (Å²) in [5.74, 6) is 0.642. The summed E-state index contributed by atoms with van der Waals surface area (Å²) in [5.41, 5.74) is 0. The van der Waals surface area contributed by atoms with E-state index in [4.69, 9.17) is 5.11 Å². The summed E-state index contributed by atoms with van der Waals surface area (Å²) in [6.45, 7) is 0.417. The van der Waals surface area contributed by atoms with Crippen molar-refractivity contribution in [2.75, 3.05) is 6.61 Å². The van der Waals surface area contributed by atoms with E-state index in [9.17, 15) is 0 Å². The van der Waals surface area contributed by atoms with E-state index in [1.165, 1.54) is 32.1 Å². The third-order valence-electron chi connectivity index (χ3n) is 1.98. The first kappa shape index (κ1) is 13.6. The molecule has 0 aromatic carbocycles. The molecule has 1 fully saturated rings. The zero-order chi connectivity index (χ0) is 5.82. The van der Waals surface area contributed by atoms with Gasteiger partial charge in [-0.05, 0) is 18.8 Å². The zero-order valence-corrected chi connectivity index (χ0v) is 10.4. The Kier molecular flexibility index (Phi) is 10.9. The molecule has 0 atom stereocenters. The molecule has 1 aliphatic carbocycles. The molecule has 0 saturated heterocycles. The van der Waals surface area contributed by atoms with Crippen LogP contribution in [-0.4, -0.2) is 17.2 Å². The van der Waals surface area contributed by atoms with Gasteiger partial charge in [-0.1, -0.05) is 19.3 Å². The molecule has 1 rings (SSSR count). The molecule has 0 unspecified atom stereocenters. The second-order valence-corrected chi connectivity index (χ2v) is 2.69. The Morgan fingerprint density at radius 3 is 1.90 bits per heavy atom. The largest absolute Gasteiger partial charge is 0.412 e. The Labute approximate surface area is 86.1 Å². The zero-order valence-electron chi connectivity index (χ0n) is 6.27. The maximum atomic E-state index is 8.69. The molecule has 0 aromatic heterocycles. The van der Waals surface area contributed by atoms with E-state index in [2.05, 4.69) is 0 Å². The fourth-order valence-corrected chi connectivity index (χ4v) is 1.37. The molecule has 1 aliphatic rings. The van der Waals surface area contributed by atoms with Gasteiger partial charge in [0.15, 0.2) is 0 Å². The van der Waals surface area contributed by atoms with Crippen LogP contribution in [0.15, 0.2) is 0 Å². The summed E-state index contributed by atoms with van der Waals surface area (Å²) in [4.78, 5) is 0. The number of aliphatic hydroxyl groups excluding tert-OH is 1. The van der Waals surface area contributed by atoms with E-state index in [0.29, 0.717) is 12.5 Å². The number of aliphatic hydroxyl groups is 1. The molecule has 2 nitrogen and oxygen atoms in total. The first-order valence-electron chi connectivity index (χ1n) is 3.54. The van der Waals surface area contributed by atoms with Crippen molar-refractivity contribution in [2.45, 2.75) is 32.1 Å². The Bertz CT molecular complexity index is 62.6. The van der Waals surface area contributed by atoms with Crippen LogP contribution >= 0.6 is 0 Å². The van der Waals surface area contributed by atoms with E-state index in [-0.39, 0.29) is 36.6 Å². The normalized spacial score (nSPS) is 18.9. The molecule has 0 heterocycles. The second kappa shape index (κ2) is 8.07. The van der Waals surface area contributed by atoms with Crippen LogP contribution in [0.3, 0.4) is 0 Å². The van der Waals surface area contributed by atoms with Gasteiger partial charge in [-0.15, -0.1) is 0 Å². The minimum atomic E-state index is 0. The number of hydrogen-bond donors (Lipinski definition) is 1. The van der Waals surface area contributed by atoms with Crippen LogP contribution < -0.4 is 0 Å². The standard InChI is InChI=1S/C7H14O.H2O.U/c8-6-7-4-2-1-3-5-7;;/h7-8H,1-6H2;1H2;. The maximum Gasteiger partial charge on any atom is 0.0459 e. The molecule has 60 valence electrons. The van der Waals surface area contributed by atoms with Gasteiger partial charge in [-0.25, -0.2) is 0 Å². The molecule has 0 aromatic rings. The minimum Gasteiger partial charge on any atom is -0.412 e. The smallest absolute Gasteiger partial charge is 0.0459 e. The fourth-order valence-electron chi connectivity index (χ4n) is 1.37. The van der Waals surface area contributed by atoms with E-state index in [1.54, 1.807) is 0 Å². The average molecular weight is 370 g/mol. The van der Waals surface area contributed by atoms with E-state index < -0.39 is 0 Å². The SMILES string of the molecule is O.OCC1CCCCC1.[U]. The molecule has 1 saturated carbocycles.